The second-order valence-corrected chi connectivity index (χ2v) is 7.83. The first kappa shape index (κ1) is 18.0. The molecule has 1 aromatic heterocycles. The van der Waals surface area contributed by atoms with Crippen LogP contribution in [0.25, 0.3) is 0 Å². The van der Waals surface area contributed by atoms with E-state index in [9.17, 15) is 9.50 Å². The first-order chi connectivity index (χ1) is 11.8. The van der Waals surface area contributed by atoms with Crippen molar-refractivity contribution in [3.63, 3.8) is 0 Å². The van der Waals surface area contributed by atoms with Crippen LogP contribution < -0.4 is 0 Å². The van der Waals surface area contributed by atoms with Crippen molar-refractivity contribution >= 4 is 0 Å². The number of aromatic nitrogens is 2. The van der Waals surface area contributed by atoms with Crippen molar-refractivity contribution in [2.45, 2.75) is 64.1 Å². The van der Waals surface area contributed by atoms with Crippen LogP contribution in [0.15, 0.2) is 28.8 Å². The Kier molecular flexibility index (Phi) is 5.20. The lowest BCUT2D eigenvalue weighted by atomic mass is 9.96. The van der Waals surface area contributed by atoms with Gasteiger partial charge in [0.2, 0.25) is 5.89 Å². The first-order valence-electron chi connectivity index (χ1n) is 8.83. The fourth-order valence-corrected chi connectivity index (χ4v) is 3.25. The van der Waals surface area contributed by atoms with E-state index in [1.54, 1.807) is 12.1 Å². The van der Waals surface area contributed by atoms with Crippen molar-refractivity contribution in [1.82, 2.24) is 15.0 Å². The Morgan fingerprint density at radius 2 is 2.04 bits per heavy atom. The second kappa shape index (κ2) is 7.22. The van der Waals surface area contributed by atoms with Crippen LogP contribution in [-0.2, 0) is 12.0 Å². The summed E-state index contributed by atoms with van der Waals surface area (Å²) < 4.78 is 18.4. The predicted octanol–water partition coefficient (Wildman–Crippen LogP) is 3.59. The average Bonchev–Trinajstić information content (AvgIpc) is 3.18. The van der Waals surface area contributed by atoms with Crippen molar-refractivity contribution in [1.29, 1.82) is 0 Å². The van der Waals surface area contributed by atoms with Gasteiger partial charge in [0.15, 0.2) is 5.82 Å². The molecule has 2 atom stereocenters. The molecule has 1 aliphatic heterocycles. The largest absolute Gasteiger partial charge is 0.388 e. The van der Waals surface area contributed by atoms with Crippen molar-refractivity contribution < 1.29 is 14.0 Å². The lowest BCUT2D eigenvalue weighted by Crippen LogP contribution is -2.30. The number of benzene rings is 1. The number of aliphatic hydroxyl groups is 1. The van der Waals surface area contributed by atoms with E-state index in [1.807, 2.05) is 0 Å². The Balaban J connectivity index is 1.62. The normalized spacial score (nSPS) is 20.1. The Bertz CT molecular complexity index is 693. The molecule has 0 aliphatic carbocycles. The molecule has 136 valence electrons. The van der Waals surface area contributed by atoms with Crippen LogP contribution in [0.3, 0.4) is 0 Å². The molecule has 3 rings (SSSR count). The van der Waals surface area contributed by atoms with Gasteiger partial charge in [-0.2, -0.15) is 4.98 Å². The zero-order chi connectivity index (χ0) is 18.0. The van der Waals surface area contributed by atoms with Crippen LogP contribution in [0, 0.1) is 5.82 Å². The summed E-state index contributed by atoms with van der Waals surface area (Å²) in [5.41, 5.74) is 0.617. The van der Waals surface area contributed by atoms with E-state index in [4.69, 9.17) is 4.52 Å². The molecule has 0 spiro atoms. The number of aliphatic hydroxyl groups excluding tert-OH is 1. The Labute approximate surface area is 147 Å². The van der Waals surface area contributed by atoms with Crippen LogP contribution in [0.5, 0.6) is 0 Å². The topological polar surface area (TPSA) is 62.4 Å². The van der Waals surface area contributed by atoms with E-state index in [-0.39, 0.29) is 17.3 Å². The highest BCUT2D eigenvalue weighted by molar-refractivity contribution is 5.18. The van der Waals surface area contributed by atoms with Gasteiger partial charge in [-0.25, -0.2) is 4.39 Å². The second-order valence-electron chi connectivity index (χ2n) is 7.83. The van der Waals surface area contributed by atoms with Gasteiger partial charge in [-0.15, -0.1) is 0 Å². The third-order valence-electron chi connectivity index (χ3n) is 4.73. The molecule has 5 nitrogen and oxygen atoms in total. The van der Waals surface area contributed by atoms with Crippen LogP contribution in [0.1, 0.15) is 63.4 Å². The number of halogens is 1. The summed E-state index contributed by atoms with van der Waals surface area (Å²) in [5, 5.41) is 14.5. The van der Waals surface area contributed by atoms with E-state index < -0.39 is 6.10 Å². The number of likely N-dealkylation sites (tertiary alicyclic amines) is 1. The van der Waals surface area contributed by atoms with Crippen LogP contribution in [0.4, 0.5) is 4.39 Å². The highest BCUT2D eigenvalue weighted by Gasteiger charge is 2.29. The number of hydrogen-bond donors (Lipinski definition) is 1. The lowest BCUT2D eigenvalue weighted by Gasteiger charge is -2.25. The quantitative estimate of drug-likeness (QED) is 0.895. The van der Waals surface area contributed by atoms with Gasteiger partial charge in [0.1, 0.15) is 5.82 Å². The van der Waals surface area contributed by atoms with Crippen molar-refractivity contribution in [2.75, 3.05) is 6.54 Å². The van der Waals surface area contributed by atoms with Gasteiger partial charge in [-0.05, 0) is 43.5 Å². The summed E-state index contributed by atoms with van der Waals surface area (Å²) in [6, 6.07) is 6.32. The van der Waals surface area contributed by atoms with Gasteiger partial charge in [0, 0.05) is 11.5 Å². The third-order valence-corrected chi connectivity index (χ3v) is 4.73. The minimum atomic E-state index is -0.598. The Morgan fingerprint density at radius 1 is 1.32 bits per heavy atom. The summed E-state index contributed by atoms with van der Waals surface area (Å²) in [4.78, 5) is 6.79. The minimum Gasteiger partial charge on any atom is -0.388 e. The molecular formula is C19H26FN3O2. The molecule has 1 aliphatic rings. The summed E-state index contributed by atoms with van der Waals surface area (Å²) in [6.45, 7) is 7.72. The zero-order valence-electron chi connectivity index (χ0n) is 15.1. The number of hydrogen-bond acceptors (Lipinski definition) is 5. The predicted molar refractivity (Wildman–Crippen MR) is 92.4 cm³/mol. The molecule has 0 amide bonds. The number of nitrogens with zero attached hydrogens (tertiary/aromatic N) is 3. The first-order valence-corrected chi connectivity index (χ1v) is 8.83. The van der Waals surface area contributed by atoms with Gasteiger partial charge < -0.3 is 9.63 Å². The molecule has 1 saturated heterocycles. The highest BCUT2D eigenvalue weighted by atomic mass is 19.1. The molecular weight excluding hydrogens is 321 g/mol. The average molecular weight is 347 g/mol. The summed E-state index contributed by atoms with van der Waals surface area (Å²) >= 11 is 0. The van der Waals surface area contributed by atoms with Gasteiger partial charge >= 0.3 is 0 Å². The van der Waals surface area contributed by atoms with E-state index in [2.05, 4.69) is 35.8 Å². The van der Waals surface area contributed by atoms with E-state index in [1.165, 1.54) is 12.1 Å². The van der Waals surface area contributed by atoms with Crippen LogP contribution >= 0.6 is 0 Å². The molecule has 0 radical (unpaired) electrons. The van der Waals surface area contributed by atoms with Crippen molar-refractivity contribution in [3.8, 4) is 0 Å². The summed E-state index contributed by atoms with van der Waals surface area (Å²) in [7, 11) is 0. The molecule has 1 N–H and O–H groups in total. The van der Waals surface area contributed by atoms with Crippen LogP contribution in [-0.4, -0.2) is 32.7 Å². The SMILES string of the molecule is CC(C)(C)c1noc(CN2CCCC2CC(O)c2ccc(F)cc2)n1. The maximum Gasteiger partial charge on any atom is 0.240 e. The van der Waals surface area contributed by atoms with E-state index in [0.717, 1.165) is 24.9 Å². The zero-order valence-corrected chi connectivity index (χ0v) is 15.1. The summed E-state index contributed by atoms with van der Waals surface area (Å²) in [6.07, 6.45) is 2.13. The third kappa shape index (κ3) is 4.44. The number of rotatable bonds is 5. The molecule has 0 bridgehead atoms. The van der Waals surface area contributed by atoms with Gasteiger partial charge in [-0.1, -0.05) is 38.1 Å². The molecule has 2 aromatic rings. The Hall–Kier alpha value is -1.79. The Morgan fingerprint density at radius 3 is 2.68 bits per heavy atom. The molecule has 6 heteroatoms. The summed E-state index contributed by atoms with van der Waals surface area (Å²) in [5.74, 6) is 1.04. The van der Waals surface area contributed by atoms with E-state index >= 15 is 0 Å². The minimum absolute atomic E-state index is 0.134. The highest BCUT2D eigenvalue weighted by Crippen LogP contribution is 2.29. The fourth-order valence-electron chi connectivity index (χ4n) is 3.25. The molecule has 2 heterocycles. The van der Waals surface area contributed by atoms with Gasteiger partial charge in [0.05, 0.1) is 12.6 Å². The molecule has 25 heavy (non-hydrogen) atoms. The van der Waals surface area contributed by atoms with Crippen molar-refractivity contribution in [2.24, 2.45) is 0 Å². The van der Waals surface area contributed by atoms with Crippen molar-refractivity contribution in [3.05, 3.63) is 47.4 Å². The molecule has 2 unspecified atom stereocenters. The molecule has 1 aromatic carbocycles. The maximum atomic E-state index is 13.0. The standard InChI is InChI=1S/C19H26FN3O2/c1-19(2,3)18-21-17(25-22-18)12-23-10-4-5-15(23)11-16(24)13-6-8-14(20)9-7-13/h6-9,15-16,24H,4-5,10-12H2,1-3H3. The molecule has 0 saturated carbocycles. The van der Waals surface area contributed by atoms with Gasteiger partial charge in [0.25, 0.3) is 0 Å². The van der Waals surface area contributed by atoms with E-state index in [0.29, 0.717) is 24.7 Å². The molecule has 1 fully saturated rings. The smallest absolute Gasteiger partial charge is 0.240 e. The fraction of sp³-hybridized carbons (Fsp3) is 0.579. The maximum absolute atomic E-state index is 13.0. The van der Waals surface area contributed by atoms with Crippen LogP contribution in [0.2, 0.25) is 0 Å². The lowest BCUT2D eigenvalue weighted by molar-refractivity contribution is 0.112. The van der Waals surface area contributed by atoms with Gasteiger partial charge in [-0.3, -0.25) is 4.90 Å². The monoisotopic (exact) mass is 347 g/mol.